The Hall–Kier alpha value is -3.93. The summed E-state index contributed by atoms with van der Waals surface area (Å²) in [4.78, 5) is 14.6. The molecule has 0 aliphatic carbocycles. The first-order valence-electron chi connectivity index (χ1n) is 17.8. The van der Waals surface area contributed by atoms with Crippen molar-refractivity contribution in [1.29, 1.82) is 0 Å². The van der Waals surface area contributed by atoms with Crippen molar-refractivity contribution in [2.75, 3.05) is 13.2 Å². The highest BCUT2D eigenvalue weighted by molar-refractivity contribution is 5.91. The monoisotopic (exact) mass is 794 g/mol. The number of hydrogen-bond acceptors (Lipinski definition) is 19. The fraction of sp³-hybridized carbons (Fsp3) is 0.541. The van der Waals surface area contributed by atoms with Gasteiger partial charge in [-0.3, -0.25) is 4.79 Å². The van der Waals surface area contributed by atoms with Gasteiger partial charge in [0.2, 0.25) is 23.8 Å². The number of benzene rings is 2. The second-order valence-electron chi connectivity index (χ2n) is 14.2. The van der Waals surface area contributed by atoms with E-state index in [9.17, 15) is 61.0 Å². The van der Waals surface area contributed by atoms with Crippen molar-refractivity contribution >= 4 is 11.0 Å². The van der Waals surface area contributed by atoms with Crippen molar-refractivity contribution in [3.8, 4) is 34.3 Å². The predicted octanol–water partition coefficient (Wildman–Crippen LogP) is -1.77. The molecule has 56 heavy (non-hydrogen) atoms. The Morgan fingerprint density at radius 3 is 2.16 bits per heavy atom. The molecule has 0 amide bonds. The lowest BCUT2D eigenvalue weighted by molar-refractivity contribution is -0.341. The molecular formula is C37H46O19. The molecule has 308 valence electrons. The molecule has 3 aromatic rings. The maximum Gasteiger partial charge on any atom is 0.239 e. The van der Waals surface area contributed by atoms with Gasteiger partial charge in [0.1, 0.15) is 83.2 Å². The number of hydrogen-bond donors (Lipinski definition) is 11. The van der Waals surface area contributed by atoms with Crippen LogP contribution in [0.25, 0.3) is 22.3 Å². The molecule has 14 atom stereocenters. The average molecular weight is 795 g/mol. The molecule has 1 aromatic heterocycles. The number of aromatic hydroxyl groups is 2. The van der Waals surface area contributed by atoms with Gasteiger partial charge in [0.15, 0.2) is 18.2 Å². The number of aliphatic hydroxyl groups is 9. The third-order valence-electron chi connectivity index (χ3n) is 9.87. The Kier molecular flexibility index (Phi) is 12.6. The molecule has 19 heteroatoms. The van der Waals surface area contributed by atoms with Crippen molar-refractivity contribution in [3.63, 3.8) is 0 Å². The van der Waals surface area contributed by atoms with E-state index in [0.29, 0.717) is 0 Å². The summed E-state index contributed by atoms with van der Waals surface area (Å²) in [6.45, 7) is 3.78. The number of allylic oxidation sites excluding steroid dienone is 2. The van der Waals surface area contributed by atoms with Gasteiger partial charge in [-0.15, -0.1) is 0 Å². The zero-order valence-corrected chi connectivity index (χ0v) is 30.4. The van der Waals surface area contributed by atoms with Crippen LogP contribution in [0, 0.1) is 0 Å². The first kappa shape index (κ1) is 41.7. The normalized spacial score (nSPS) is 34.9. The van der Waals surface area contributed by atoms with Gasteiger partial charge in [-0.1, -0.05) is 11.6 Å². The number of rotatable bonds is 10. The average Bonchev–Trinajstić information content (AvgIpc) is 3.16. The van der Waals surface area contributed by atoms with Crippen LogP contribution in [0.2, 0.25) is 0 Å². The molecule has 3 saturated heterocycles. The summed E-state index contributed by atoms with van der Waals surface area (Å²) in [5.41, 5.74) is -0.140. The lowest BCUT2D eigenvalue weighted by atomic mass is 9.98. The quantitative estimate of drug-likeness (QED) is 0.101. The topological polar surface area (TPSA) is 308 Å². The molecular weight excluding hydrogens is 748 g/mol. The standard InChI is InChI=1S/C37H46O19/c1-13(2)4-9-17-20(52-36-30(49)27(46)25(44)21(11-38)53-36)10-18(40)22-26(45)33(31(54-32(17)22)15-5-7-16(39)8-6-15)55-37-34(28(47)23(42)14(3)51-37)56-35-29(48)24(43)19(41)12-50-35/h4-8,10,14,19,21,23-25,27-30,34-44,46-49H,9,11-12H2,1-3H3/t14-,19+,21+,23-,24-,25+,27-,28+,29+,30+,34+,35-,36+,37-/m0/s1. The minimum Gasteiger partial charge on any atom is -0.508 e. The van der Waals surface area contributed by atoms with Gasteiger partial charge in [0, 0.05) is 17.2 Å². The van der Waals surface area contributed by atoms with Crippen molar-refractivity contribution in [2.45, 2.75) is 113 Å². The third kappa shape index (κ3) is 8.09. The summed E-state index contributed by atoms with van der Waals surface area (Å²) in [7, 11) is 0. The molecule has 6 rings (SSSR count). The fourth-order valence-corrected chi connectivity index (χ4v) is 6.58. The summed E-state index contributed by atoms with van der Waals surface area (Å²) in [6.07, 6.45) is -21.2. The Bertz CT molecular complexity index is 1930. The van der Waals surface area contributed by atoms with E-state index in [4.69, 9.17) is 32.8 Å². The number of phenols is 2. The van der Waals surface area contributed by atoms with Crippen LogP contribution >= 0.6 is 0 Å². The number of fused-ring (bicyclic) bond motifs is 1. The molecule has 2 aromatic carbocycles. The van der Waals surface area contributed by atoms with Crippen LogP contribution in [0.1, 0.15) is 26.3 Å². The van der Waals surface area contributed by atoms with E-state index in [-0.39, 0.29) is 40.4 Å². The van der Waals surface area contributed by atoms with Crippen molar-refractivity contribution < 1.29 is 89.0 Å². The number of aliphatic hydroxyl groups excluding tert-OH is 9. The van der Waals surface area contributed by atoms with E-state index in [1.807, 2.05) is 0 Å². The first-order valence-corrected chi connectivity index (χ1v) is 17.8. The van der Waals surface area contributed by atoms with E-state index in [1.165, 1.54) is 31.2 Å². The van der Waals surface area contributed by atoms with Gasteiger partial charge >= 0.3 is 0 Å². The predicted molar refractivity (Wildman–Crippen MR) is 188 cm³/mol. The van der Waals surface area contributed by atoms with Crippen LogP contribution in [-0.4, -0.2) is 155 Å². The van der Waals surface area contributed by atoms with Crippen molar-refractivity contribution in [2.24, 2.45) is 0 Å². The molecule has 0 radical (unpaired) electrons. The largest absolute Gasteiger partial charge is 0.508 e. The van der Waals surface area contributed by atoms with Crippen LogP contribution in [0.4, 0.5) is 0 Å². The van der Waals surface area contributed by atoms with Crippen LogP contribution in [0.5, 0.6) is 23.0 Å². The minimum absolute atomic E-state index is 0.00244. The smallest absolute Gasteiger partial charge is 0.239 e. The lowest BCUT2D eigenvalue weighted by Crippen LogP contribution is -2.62. The Labute approximate surface area is 318 Å². The van der Waals surface area contributed by atoms with Gasteiger partial charge in [0.05, 0.1) is 19.3 Å². The summed E-state index contributed by atoms with van der Waals surface area (Å²) < 4.78 is 40.9. The maximum atomic E-state index is 14.6. The molecule has 0 bridgehead atoms. The second kappa shape index (κ2) is 16.9. The number of phenolic OH excluding ortho intramolecular Hbond substituents is 2. The van der Waals surface area contributed by atoms with Gasteiger partial charge in [-0.25, -0.2) is 0 Å². The van der Waals surface area contributed by atoms with Crippen molar-refractivity contribution in [1.82, 2.24) is 0 Å². The Morgan fingerprint density at radius 1 is 0.821 bits per heavy atom. The van der Waals surface area contributed by atoms with Crippen LogP contribution in [0.3, 0.4) is 0 Å². The van der Waals surface area contributed by atoms with Crippen LogP contribution in [-0.2, 0) is 25.4 Å². The third-order valence-corrected chi connectivity index (χ3v) is 9.87. The van der Waals surface area contributed by atoms with Gasteiger partial charge < -0.3 is 89.0 Å². The molecule has 3 fully saturated rings. The van der Waals surface area contributed by atoms with Gasteiger partial charge in [-0.05, 0) is 51.5 Å². The van der Waals surface area contributed by atoms with E-state index >= 15 is 0 Å². The zero-order valence-electron chi connectivity index (χ0n) is 30.4. The van der Waals surface area contributed by atoms with E-state index < -0.39 is 122 Å². The summed E-state index contributed by atoms with van der Waals surface area (Å²) in [5.74, 6) is -1.95. The first-order chi connectivity index (χ1) is 26.5. The van der Waals surface area contributed by atoms with E-state index in [1.54, 1.807) is 19.9 Å². The molecule has 3 aliphatic heterocycles. The highest BCUT2D eigenvalue weighted by Gasteiger charge is 2.50. The molecule has 19 nitrogen and oxygen atoms in total. The fourth-order valence-electron chi connectivity index (χ4n) is 6.58. The minimum atomic E-state index is -1.83. The molecule has 0 saturated carbocycles. The molecule has 0 spiro atoms. The molecule has 11 N–H and O–H groups in total. The summed E-state index contributed by atoms with van der Waals surface area (Å²) >= 11 is 0. The number of ether oxygens (including phenoxy) is 6. The summed E-state index contributed by atoms with van der Waals surface area (Å²) in [6, 6.07) is 6.37. The molecule has 4 heterocycles. The lowest BCUT2D eigenvalue weighted by Gasteiger charge is -2.44. The zero-order chi connectivity index (χ0) is 40.7. The van der Waals surface area contributed by atoms with Gasteiger partial charge in [-0.2, -0.15) is 0 Å². The maximum absolute atomic E-state index is 14.6. The highest BCUT2D eigenvalue weighted by atomic mass is 16.8. The van der Waals surface area contributed by atoms with Crippen LogP contribution in [0.15, 0.2) is 51.2 Å². The Morgan fingerprint density at radius 2 is 1.50 bits per heavy atom. The van der Waals surface area contributed by atoms with E-state index in [0.717, 1.165) is 11.6 Å². The summed E-state index contributed by atoms with van der Waals surface area (Å²) in [5, 5.41) is 115. The Balaban J connectivity index is 1.49. The highest BCUT2D eigenvalue weighted by Crippen LogP contribution is 2.42. The van der Waals surface area contributed by atoms with Crippen molar-refractivity contribution in [3.05, 3.63) is 57.8 Å². The van der Waals surface area contributed by atoms with E-state index in [2.05, 4.69) is 0 Å². The van der Waals surface area contributed by atoms with Gasteiger partial charge in [0.25, 0.3) is 0 Å². The molecule has 3 aliphatic rings. The SMILES string of the molecule is CC(C)=CCc1c(O[C@@H]2O[C@H](CO)[C@@H](O)[C@H](O)[C@H]2O)cc(O)c2c(=O)c(O[C@@H]3O[C@@H](C)[C@H](O)[C@@H](O)[C@H]3O[C@@H]3OC[C@@H](O)[C@H](O)[C@H]3O)c(-c3ccc(O)cc3)oc12. The second-order valence-corrected chi connectivity index (χ2v) is 14.2. The van der Waals surface area contributed by atoms with Crippen LogP contribution < -0.4 is 14.9 Å². The molecule has 0 unspecified atom stereocenters.